The first-order valence-electron chi connectivity index (χ1n) is 7.67. The SMILES string of the molecule is Cc1ccc(/C=C/C(=O)N2CCC(NC(=O)C(F)(F)F)CC2)cc1. The fourth-order valence-electron chi connectivity index (χ4n) is 2.46. The number of hydrogen-bond acceptors (Lipinski definition) is 2. The normalized spacial score (nSPS) is 16.4. The lowest BCUT2D eigenvalue weighted by Crippen LogP contribution is -2.49. The number of alkyl halides is 3. The third-order valence-corrected chi connectivity index (χ3v) is 3.90. The molecule has 1 heterocycles. The van der Waals surface area contributed by atoms with Gasteiger partial charge in [-0.1, -0.05) is 29.8 Å². The van der Waals surface area contributed by atoms with E-state index in [-0.39, 0.29) is 5.91 Å². The van der Waals surface area contributed by atoms with Crippen molar-refractivity contribution in [2.24, 2.45) is 0 Å². The van der Waals surface area contributed by atoms with Crippen LogP contribution in [-0.4, -0.2) is 42.0 Å². The average Bonchev–Trinajstić information content (AvgIpc) is 2.54. The second-order valence-corrected chi connectivity index (χ2v) is 5.81. The number of nitrogens with zero attached hydrogens (tertiary/aromatic N) is 1. The number of nitrogens with one attached hydrogen (secondary N) is 1. The standard InChI is InChI=1S/C17H19F3N2O2/c1-12-2-4-13(5-3-12)6-7-15(23)22-10-8-14(9-11-22)21-16(24)17(18,19)20/h2-7,14H,8-11H2,1H3,(H,21,24)/b7-6+. The number of amides is 2. The lowest BCUT2D eigenvalue weighted by atomic mass is 10.0. The van der Waals surface area contributed by atoms with Crippen molar-refractivity contribution in [2.45, 2.75) is 32.0 Å². The molecule has 1 N–H and O–H groups in total. The van der Waals surface area contributed by atoms with E-state index in [9.17, 15) is 22.8 Å². The van der Waals surface area contributed by atoms with Crippen molar-refractivity contribution in [3.63, 3.8) is 0 Å². The molecule has 2 rings (SSSR count). The third kappa shape index (κ3) is 5.11. The number of hydrogen-bond donors (Lipinski definition) is 1. The molecule has 7 heteroatoms. The molecule has 1 saturated heterocycles. The summed E-state index contributed by atoms with van der Waals surface area (Å²) in [6.45, 7) is 2.61. The predicted octanol–water partition coefficient (Wildman–Crippen LogP) is 2.68. The van der Waals surface area contributed by atoms with E-state index in [0.717, 1.165) is 11.1 Å². The van der Waals surface area contributed by atoms with Gasteiger partial charge in [0, 0.05) is 25.2 Å². The Bertz CT molecular complexity index is 616. The molecule has 0 saturated carbocycles. The summed E-state index contributed by atoms with van der Waals surface area (Å²) >= 11 is 0. The number of carbonyl (C=O) groups excluding carboxylic acids is 2. The Labute approximate surface area is 138 Å². The maximum absolute atomic E-state index is 12.2. The van der Waals surface area contributed by atoms with Gasteiger partial charge in [0.15, 0.2) is 0 Å². The zero-order chi connectivity index (χ0) is 17.7. The van der Waals surface area contributed by atoms with E-state index >= 15 is 0 Å². The molecule has 4 nitrogen and oxygen atoms in total. The summed E-state index contributed by atoms with van der Waals surface area (Å²) in [6, 6.07) is 7.14. The Morgan fingerprint density at radius 3 is 2.29 bits per heavy atom. The summed E-state index contributed by atoms with van der Waals surface area (Å²) in [5, 5.41) is 1.96. The molecule has 1 aromatic carbocycles. The van der Waals surface area contributed by atoms with Gasteiger partial charge in [-0.15, -0.1) is 0 Å². The van der Waals surface area contributed by atoms with E-state index < -0.39 is 18.1 Å². The number of halogens is 3. The van der Waals surface area contributed by atoms with E-state index in [0.29, 0.717) is 25.9 Å². The van der Waals surface area contributed by atoms with Gasteiger partial charge >= 0.3 is 12.1 Å². The largest absolute Gasteiger partial charge is 0.471 e. The maximum Gasteiger partial charge on any atom is 0.471 e. The van der Waals surface area contributed by atoms with Crippen molar-refractivity contribution in [3.05, 3.63) is 41.5 Å². The second-order valence-electron chi connectivity index (χ2n) is 5.81. The summed E-state index contributed by atoms with van der Waals surface area (Å²) in [7, 11) is 0. The molecular weight excluding hydrogens is 321 g/mol. The van der Waals surface area contributed by atoms with Crippen molar-refractivity contribution in [1.82, 2.24) is 10.2 Å². The molecule has 1 fully saturated rings. The first kappa shape index (κ1) is 18.0. The zero-order valence-corrected chi connectivity index (χ0v) is 13.3. The minimum atomic E-state index is -4.87. The van der Waals surface area contributed by atoms with Gasteiger partial charge in [-0.05, 0) is 31.4 Å². The lowest BCUT2D eigenvalue weighted by molar-refractivity contribution is -0.174. The number of rotatable bonds is 3. The highest BCUT2D eigenvalue weighted by atomic mass is 19.4. The van der Waals surface area contributed by atoms with E-state index in [2.05, 4.69) is 0 Å². The molecule has 0 atom stereocenters. The van der Waals surface area contributed by atoms with Gasteiger partial charge < -0.3 is 10.2 Å². The highest BCUT2D eigenvalue weighted by Gasteiger charge is 2.40. The van der Waals surface area contributed by atoms with Crippen LogP contribution < -0.4 is 5.32 Å². The van der Waals surface area contributed by atoms with Crippen LogP contribution in [0.2, 0.25) is 0 Å². The Kier molecular flexibility index (Phi) is 5.64. The molecule has 1 aromatic rings. The fraction of sp³-hybridized carbons (Fsp3) is 0.412. The molecule has 0 aromatic heterocycles. The first-order chi connectivity index (χ1) is 11.3. The van der Waals surface area contributed by atoms with E-state index in [1.807, 2.05) is 36.5 Å². The molecule has 0 aliphatic carbocycles. The first-order valence-corrected chi connectivity index (χ1v) is 7.67. The van der Waals surface area contributed by atoms with E-state index in [4.69, 9.17) is 0 Å². The quantitative estimate of drug-likeness (QED) is 0.860. The Hall–Kier alpha value is -2.31. The minimum Gasteiger partial charge on any atom is -0.345 e. The second kappa shape index (κ2) is 7.51. The van der Waals surface area contributed by atoms with Crippen molar-refractivity contribution >= 4 is 17.9 Å². The van der Waals surface area contributed by atoms with E-state index in [1.165, 1.54) is 6.08 Å². The topological polar surface area (TPSA) is 49.4 Å². The van der Waals surface area contributed by atoms with Crippen LogP contribution in [0.4, 0.5) is 13.2 Å². The van der Waals surface area contributed by atoms with Crippen LogP contribution in [0, 0.1) is 6.92 Å². The highest BCUT2D eigenvalue weighted by molar-refractivity contribution is 5.91. The van der Waals surface area contributed by atoms with Crippen LogP contribution in [-0.2, 0) is 9.59 Å². The molecule has 0 bridgehead atoms. The highest BCUT2D eigenvalue weighted by Crippen LogP contribution is 2.17. The Morgan fingerprint density at radius 2 is 1.75 bits per heavy atom. The molecule has 2 amide bonds. The minimum absolute atomic E-state index is 0.184. The molecule has 24 heavy (non-hydrogen) atoms. The Balaban J connectivity index is 1.82. The van der Waals surface area contributed by atoms with Crippen molar-refractivity contribution in [2.75, 3.05) is 13.1 Å². The van der Waals surface area contributed by atoms with Crippen LogP contribution in [0.5, 0.6) is 0 Å². The van der Waals surface area contributed by atoms with Gasteiger partial charge in [0.25, 0.3) is 0 Å². The van der Waals surface area contributed by atoms with Crippen molar-refractivity contribution in [1.29, 1.82) is 0 Å². The van der Waals surface area contributed by atoms with Gasteiger partial charge in [0.1, 0.15) is 0 Å². The zero-order valence-electron chi connectivity index (χ0n) is 13.3. The van der Waals surface area contributed by atoms with Crippen LogP contribution >= 0.6 is 0 Å². The summed E-state index contributed by atoms with van der Waals surface area (Å²) in [4.78, 5) is 24.6. The monoisotopic (exact) mass is 340 g/mol. The molecule has 0 radical (unpaired) electrons. The lowest BCUT2D eigenvalue weighted by Gasteiger charge is -2.31. The smallest absolute Gasteiger partial charge is 0.345 e. The molecule has 130 valence electrons. The third-order valence-electron chi connectivity index (χ3n) is 3.90. The van der Waals surface area contributed by atoms with Gasteiger partial charge in [0.05, 0.1) is 0 Å². The summed E-state index contributed by atoms with van der Waals surface area (Å²) in [5.41, 5.74) is 2.03. The number of likely N-dealkylation sites (tertiary alicyclic amines) is 1. The van der Waals surface area contributed by atoms with Gasteiger partial charge in [0.2, 0.25) is 5.91 Å². The van der Waals surface area contributed by atoms with Crippen LogP contribution in [0.3, 0.4) is 0 Å². The predicted molar refractivity (Wildman–Crippen MR) is 84.0 cm³/mol. The maximum atomic E-state index is 12.2. The molecular formula is C17H19F3N2O2. The van der Waals surface area contributed by atoms with Crippen LogP contribution in [0.1, 0.15) is 24.0 Å². The number of aryl methyl sites for hydroxylation is 1. The van der Waals surface area contributed by atoms with Crippen LogP contribution in [0.25, 0.3) is 6.08 Å². The molecule has 0 spiro atoms. The van der Waals surface area contributed by atoms with Crippen molar-refractivity contribution in [3.8, 4) is 0 Å². The summed E-state index contributed by atoms with van der Waals surface area (Å²) in [6.07, 6.45) is -1.08. The summed E-state index contributed by atoms with van der Waals surface area (Å²) in [5.74, 6) is -2.11. The van der Waals surface area contributed by atoms with Crippen LogP contribution in [0.15, 0.2) is 30.3 Å². The average molecular weight is 340 g/mol. The molecule has 1 aliphatic rings. The van der Waals surface area contributed by atoms with Gasteiger partial charge in [-0.3, -0.25) is 9.59 Å². The molecule has 1 aliphatic heterocycles. The van der Waals surface area contributed by atoms with Gasteiger partial charge in [-0.25, -0.2) is 0 Å². The van der Waals surface area contributed by atoms with E-state index in [1.54, 1.807) is 11.0 Å². The fourth-order valence-corrected chi connectivity index (χ4v) is 2.46. The van der Waals surface area contributed by atoms with Crippen molar-refractivity contribution < 1.29 is 22.8 Å². The Morgan fingerprint density at radius 1 is 1.17 bits per heavy atom. The number of carbonyl (C=O) groups is 2. The van der Waals surface area contributed by atoms with Gasteiger partial charge in [-0.2, -0.15) is 13.2 Å². The summed E-state index contributed by atoms with van der Waals surface area (Å²) < 4.78 is 36.6. The number of benzene rings is 1. The molecule has 0 unspecified atom stereocenters. The number of piperidine rings is 1.